The second-order valence-electron chi connectivity index (χ2n) is 13.2. The molecule has 2 N–H and O–H groups in total. The molecule has 2 aliphatic rings. The molecule has 46 heavy (non-hydrogen) atoms. The zero-order valence-electron chi connectivity index (χ0n) is 27.1. The van der Waals surface area contributed by atoms with Gasteiger partial charge in [-0.2, -0.15) is 4.31 Å². The monoisotopic (exact) mass is 646 g/mol. The van der Waals surface area contributed by atoms with E-state index in [2.05, 4.69) is 20.6 Å². The highest BCUT2D eigenvalue weighted by atomic mass is 32.2. The molecule has 1 aliphatic carbocycles. The molecule has 2 aromatic carbocycles. The van der Waals surface area contributed by atoms with Crippen LogP contribution in [-0.4, -0.2) is 70.0 Å². The second-order valence-corrected chi connectivity index (χ2v) is 15.1. The summed E-state index contributed by atoms with van der Waals surface area (Å²) >= 11 is 0. The Morgan fingerprint density at radius 1 is 1.13 bits per heavy atom. The maximum absolute atomic E-state index is 14.2. The van der Waals surface area contributed by atoms with Crippen LogP contribution < -0.4 is 10.1 Å². The Morgan fingerprint density at radius 2 is 1.91 bits per heavy atom. The highest BCUT2D eigenvalue weighted by Gasteiger charge is 2.41. The number of aryl methyl sites for hydroxylation is 3. The summed E-state index contributed by atoms with van der Waals surface area (Å²) in [7, 11) is -3.99. The summed E-state index contributed by atoms with van der Waals surface area (Å²) in [4.78, 5) is 17.2. The zero-order chi connectivity index (χ0) is 32.8. The molecule has 0 spiro atoms. The number of aromatic nitrogens is 4. The molecule has 11 nitrogen and oxygen atoms in total. The number of pyridine rings is 1. The third kappa shape index (κ3) is 6.01. The number of carbonyl (C=O) groups is 1. The van der Waals surface area contributed by atoms with Crippen LogP contribution in [0.2, 0.25) is 0 Å². The minimum absolute atomic E-state index is 0.0521. The third-order valence-electron chi connectivity index (χ3n) is 9.32. The number of nitrogens with zero attached hydrogens (tertiary/aromatic N) is 5. The summed E-state index contributed by atoms with van der Waals surface area (Å²) in [6.07, 6.45) is 4.38. The smallest absolute Gasteiger partial charge is 0.310 e. The molecule has 0 amide bonds. The predicted molar refractivity (Wildman–Crippen MR) is 175 cm³/mol. The van der Waals surface area contributed by atoms with Crippen molar-refractivity contribution in [2.45, 2.75) is 77.3 Å². The normalized spacial score (nSPS) is 18.4. The lowest BCUT2D eigenvalue weighted by atomic mass is 9.69. The Labute approximate surface area is 270 Å². The van der Waals surface area contributed by atoms with Crippen LogP contribution in [0.1, 0.15) is 78.5 Å². The van der Waals surface area contributed by atoms with Gasteiger partial charge in [-0.1, -0.05) is 29.5 Å². The fourth-order valence-electron chi connectivity index (χ4n) is 6.37. The third-order valence-corrected chi connectivity index (χ3v) is 11.2. The number of aliphatic carboxylic acids is 1. The number of sulfonamides is 1. The van der Waals surface area contributed by atoms with Crippen LogP contribution in [0, 0.1) is 26.2 Å². The highest BCUT2D eigenvalue weighted by Crippen LogP contribution is 2.45. The lowest BCUT2D eigenvalue weighted by Crippen LogP contribution is -2.34. The molecule has 1 unspecified atom stereocenters. The minimum atomic E-state index is -3.99. The van der Waals surface area contributed by atoms with Crippen LogP contribution in [0.3, 0.4) is 0 Å². The van der Waals surface area contributed by atoms with Crippen molar-refractivity contribution in [3.8, 4) is 5.88 Å². The van der Waals surface area contributed by atoms with Crippen molar-refractivity contribution in [2.24, 2.45) is 5.41 Å². The van der Waals surface area contributed by atoms with Gasteiger partial charge in [0.05, 0.1) is 17.0 Å². The number of hydrogen-bond acceptors (Lipinski definition) is 8. The number of rotatable bonds is 7. The average Bonchev–Trinajstić information content (AvgIpc) is 3.76. The molecule has 6 rings (SSSR count). The topological polar surface area (TPSA) is 140 Å². The number of nitrogens with one attached hydrogen (secondary N) is 1. The predicted octanol–water partition coefficient (Wildman–Crippen LogP) is 4.89. The van der Waals surface area contributed by atoms with E-state index in [0.29, 0.717) is 38.7 Å². The fourth-order valence-corrected chi connectivity index (χ4v) is 7.99. The van der Waals surface area contributed by atoms with Gasteiger partial charge in [-0.05, 0) is 106 Å². The molecular weight excluding hydrogens is 604 g/mol. The number of fused-ring (bicyclic) bond motifs is 2. The van der Waals surface area contributed by atoms with E-state index in [1.807, 2.05) is 55.8 Å². The van der Waals surface area contributed by atoms with Crippen molar-refractivity contribution < 1.29 is 23.1 Å². The number of carboxylic acid groups (broad SMARTS) is 1. The van der Waals surface area contributed by atoms with Crippen LogP contribution in [0.25, 0.3) is 11.0 Å². The van der Waals surface area contributed by atoms with E-state index in [9.17, 15) is 18.3 Å². The van der Waals surface area contributed by atoms with Crippen molar-refractivity contribution in [3.05, 3.63) is 76.0 Å². The fraction of sp³-hybridized carbons (Fsp3) is 0.471. The molecular formula is C34H42N6O5S. The van der Waals surface area contributed by atoms with Crippen LogP contribution in [-0.2, 0) is 21.4 Å². The van der Waals surface area contributed by atoms with Crippen molar-refractivity contribution in [3.63, 3.8) is 0 Å². The SMILES string of the molecule is Cc1cnc2c(c1)S(=O)(=O)N(Cc1cc(C(c3ccc4c(nnn4C4CC4)c3C)C(C)(C)C(=O)O)ccc1C)CCCNCCO2. The van der Waals surface area contributed by atoms with Crippen LogP contribution >= 0.6 is 0 Å². The molecule has 4 aromatic rings. The molecule has 1 saturated carbocycles. The van der Waals surface area contributed by atoms with Crippen LogP contribution in [0.15, 0.2) is 47.5 Å². The number of hydrogen-bond donors (Lipinski definition) is 2. The summed E-state index contributed by atoms with van der Waals surface area (Å²) in [5, 5.41) is 22.7. The zero-order valence-corrected chi connectivity index (χ0v) is 27.9. The lowest BCUT2D eigenvalue weighted by Gasteiger charge is -2.33. The van der Waals surface area contributed by atoms with Crippen molar-refractivity contribution in [1.82, 2.24) is 29.6 Å². The first kappa shape index (κ1) is 32.1. The largest absolute Gasteiger partial charge is 0.481 e. The Balaban J connectivity index is 1.43. The molecule has 3 heterocycles. The van der Waals surface area contributed by atoms with E-state index < -0.39 is 27.3 Å². The summed E-state index contributed by atoms with van der Waals surface area (Å²) in [6.45, 7) is 11.2. The maximum Gasteiger partial charge on any atom is 0.310 e. The summed E-state index contributed by atoms with van der Waals surface area (Å²) < 4.78 is 37.7. The number of carboxylic acids is 1. The second kappa shape index (κ2) is 12.4. The quantitative estimate of drug-likeness (QED) is 0.287. The van der Waals surface area contributed by atoms with E-state index >= 15 is 0 Å². The van der Waals surface area contributed by atoms with Gasteiger partial charge in [0.25, 0.3) is 0 Å². The van der Waals surface area contributed by atoms with E-state index in [0.717, 1.165) is 57.3 Å². The molecule has 1 atom stereocenters. The van der Waals surface area contributed by atoms with Gasteiger partial charge in [0, 0.05) is 31.7 Å². The standard InChI is InChI=1S/C34H42N6O5S/c1-21-17-29-32(36-19-21)45-16-14-35-13-6-15-39(46(29,43)44)20-25-18-24(8-7-22(25)2)30(34(4,5)33(41)42)27-11-12-28-31(23(27)3)37-38-40(28)26-9-10-26/h7-8,11-12,17-19,26,30,35H,6,9-10,13-16,20H2,1-5H3,(H,41,42). The first-order valence-electron chi connectivity index (χ1n) is 15.9. The Morgan fingerprint density at radius 3 is 2.65 bits per heavy atom. The Bertz CT molecular complexity index is 1900. The van der Waals surface area contributed by atoms with E-state index in [-0.39, 0.29) is 17.3 Å². The van der Waals surface area contributed by atoms with E-state index in [4.69, 9.17) is 4.74 Å². The Kier molecular flexibility index (Phi) is 8.64. The van der Waals surface area contributed by atoms with Gasteiger partial charge in [0.1, 0.15) is 17.0 Å². The van der Waals surface area contributed by atoms with Gasteiger partial charge in [-0.15, -0.1) is 5.10 Å². The molecule has 0 saturated heterocycles. The molecule has 0 bridgehead atoms. The van der Waals surface area contributed by atoms with Gasteiger partial charge in [0.2, 0.25) is 15.9 Å². The molecule has 1 fully saturated rings. The van der Waals surface area contributed by atoms with Crippen molar-refractivity contribution >= 4 is 27.0 Å². The summed E-state index contributed by atoms with van der Waals surface area (Å²) in [5.41, 5.74) is 5.52. The molecule has 2 aromatic heterocycles. The number of ether oxygens (including phenoxy) is 1. The molecule has 0 radical (unpaired) electrons. The summed E-state index contributed by atoms with van der Waals surface area (Å²) in [5.74, 6) is -1.37. The number of benzene rings is 2. The van der Waals surface area contributed by atoms with Gasteiger partial charge < -0.3 is 15.2 Å². The van der Waals surface area contributed by atoms with Crippen molar-refractivity contribution in [1.29, 1.82) is 0 Å². The first-order chi connectivity index (χ1) is 21.9. The van der Waals surface area contributed by atoms with Crippen molar-refractivity contribution in [2.75, 3.05) is 26.2 Å². The average molecular weight is 647 g/mol. The maximum atomic E-state index is 14.2. The van der Waals surface area contributed by atoms with E-state index in [1.165, 1.54) is 4.31 Å². The summed E-state index contributed by atoms with van der Waals surface area (Å²) in [6, 6.07) is 11.9. The lowest BCUT2D eigenvalue weighted by molar-refractivity contribution is -0.147. The minimum Gasteiger partial charge on any atom is -0.481 e. The van der Waals surface area contributed by atoms with Gasteiger partial charge in [-0.25, -0.2) is 18.1 Å². The van der Waals surface area contributed by atoms with E-state index in [1.54, 1.807) is 26.1 Å². The Hall–Kier alpha value is -3.87. The van der Waals surface area contributed by atoms with Crippen LogP contribution in [0.5, 0.6) is 5.88 Å². The van der Waals surface area contributed by atoms with Crippen LogP contribution in [0.4, 0.5) is 0 Å². The highest BCUT2D eigenvalue weighted by molar-refractivity contribution is 7.89. The molecule has 244 valence electrons. The van der Waals surface area contributed by atoms with Gasteiger partial charge >= 0.3 is 5.97 Å². The van der Waals surface area contributed by atoms with Gasteiger partial charge in [-0.3, -0.25) is 4.79 Å². The first-order valence-corrected chi connectivity index (χ1v) is 17.3. The van der Waals surface area contributed by atoms with Gasteiger partial charge in [0.15, 0.2) is 0 Å². The molecule has 12 heteroatoms. The molecule has 1 aliphatic heterocycles.